The number of aromatic hydroxyl groups is 1. The third kappa shape index (κ3) is 3.45. The van der Waals surface area contributed by atoms with Gasteiger partial charge >= 0.3 is 0 Å². The van der Waals surface area contributed by atoms with Gasteiger partial charge in [-0.15, -0.1) is 0 Å². The van der Waals surface area contributed by atoms with Gasteiger partial charge in [0.1, 0.15) is 5.75 Å². The van der Waals surface area contributed by atoms with E-state index in [1.54, 1.807) is 4.90 Å². The zero-order chi connectivity index (χ0) is 12.8. The van der Waals surface area contributed by atoms with Crippen LogP contribution in [-0.4, -0.2) is 33.5 Å². The molecule has 0 spiro atoms. The van der Waals surface area contributed by atoms with Crippen LogP contribution in [-0.2, 0) is 0 Å². The number of carbonyl (C=O) groups excluding carboxylic acids is 1. The topological polar surface area (TPSA) is 77.2 Å². The zero-order valence-electron chi connectivity index (χ0n) is 9.92. The molecular formula is C12H15N3O2. The summed E-state index contributed by atoms with van der Waals surface area (Å²) in [5, 5.41) is 17.8. The van der Waals surface area contributed by atoms with Gasteiger partial charge in [0.2, 0.25) is 0 Å². The Morgan fingerprint density at radius 3 is 2.82 bits per heavy atom. The van der Waals surface area contributed by atoms with Crippen LogP contribution in [0.15, 0.2) is 18.5 Å². The summed E-state index contributed by atoms with van der Waals surface area (Å²) in [4.78, 5) is 17.5. The number of pyridine rings is 1. The summed E-state index contributed by atoms with van der Waals surface area (Å²) in [5.74, 6) is -0.265. The maximum absolute atomic E-state index is 12.1. The van der Waals surface area contributed by atoms with Gasteiger partial charge in [0.15, 0.2) is 0 Å². The summed E-state index contributed by atoms with van der Waals surface area (Å²) >= 11 is 0. The molecule has 0 saturated carbocycles. The molecule has 0 unspecified atom stereocenters. The Kier molecular flexibility index (Phi) is 4.46. The number of nitrogens with zero attached hydrogens (tertiary/aromatic N) is 3. The van der Waals surface area contributed by atoms with Crippen molar-refractivity contribution in [3.8, 4) is 11.8 Å². The minimum atomic E-state index is -0.223. The maximum Gasteiger partial charge on any atom is 0.255 e. The molecule has 1 N–H and O–H groups in total. The van der Waals surface area contributed by atoms with E-state index in [0.29, 0.717) is 12.1 Å². The van der Waals surface area contributed by atoms with E-state index in [4.69, 9.17) is 5.26 Å². The van der Waals surface area contributed by atoms with Gasteiger partial charge < -0.3 is 10.0 Å². The molecule has 1 rings (SSSR count). The van der Waals surface area contributed by atoms with E-state index >= 15 is 0 Å². The molecular weight excluding hydrogens is 218 g/mol. The van der Waals surface area contributed by atoms with Gasteiger partial charge in [0.05, 0.1) is 24.3 Å². The molecule has 1 heterocycles. The molecule has 5 nitrogen and oxygen atoms in total. The minimum Gasteiger partial charge on any atom is -0.506 e. The number of nitriles is 1. The van der Waals surface area contributed by atoms with Crippen molar-refractivity contribution in [2.24, 2.45) is 0 Å². The maximum atomic E-state index is 12.1. The number of aromatic nitrogens is 1. The van der Waals surface area contributed by atoms with Crippen LogP contribution in [0.3, 0.4) is 0 Å². The largest absolute Gasteiger partial charge is 0.506 e. The van der Waals surface area contributed by atoms with E-state index in [-0.39, 0.29) is 24.1 Å². The fraction of sp³-hybridized carbons (Fsp3) is 0.417. The molecule has 0 aliphatic carbocycles. The number of amides is 1. The van der Waals surface area contributed by atoms with Gasteiger partial charge in [-0.05, 0) is 19.9 Å². The lowest BCUT2D eigenvalue weighted by Crippen LogP contribution is -2.37. The number of rotatable bonds is 4. The molecule has 1 amide bonds. The smallest absolute Gasteiger partial charge is 0.255 e. The van der Waals surface area contributed by atoms with Crippen molar-refractivity contribution in [3.05, 3.63) is 24.0 Å². The Bertz CT molecular complexity index is 438. The Morgan fingerprint density at radius 1 is 1.59 bits per heavy atom. The molecule has 1 aromatic rings. The normalized spacial score (nSPS) is 10.0. The fourth-order valence-electron chi connectivity index (χ4n) is 1.48. The van der Waals surface area contributed by atoms with E-state index in [9.17, 15) is 9.90 Å². The lowest BCUT2D eigenvalue weighted by Gasteiger charge is -2.25. The van der Waals surface area contributed by atoms with Crippen LogP contribution < -0.4 is 0 Å². The van der Waals surface area contributed by atoms with Crippen LogP contribution in [0.5, 0.6) is 5.75 Å². The van der Waals surface area contributed by atoms with Crippen molar-refractivity contribution in [2.75, 3.05) is 6.54 Å². The van der Waals surface area contributed by atoms with Crippen LogP contribution in [0.25, 0.3) is 0 Å². The lowest BCUT2D eigenvalue weighted by molar-refractivity contribution is 0.0709. The molecule has 0 aromatic carbocycles. The van der Waals surface area contributed by atoms with Crippen LogP contribution in [0, 0.1) is 11.3 Å². The second-order valence-electron chi connectivity index (χ2n) is 3.93. The highest BCUT2D eigenvalue weighted by Crippen LogP contribution is 2.13. The van der Waals surface area contributed by atoms with Crippen molar-refractivity contribution in [1.29, 1.82) is 5.26 Å². The van der Waals surface area contributed by atoms with E-state index in [1.165, 1.54) is 18.5 Å². The average molecular weight is 233 g/mol. The highest BCUT2D eigenvalue weighted by Gasteiger charge is 2.18. The summed E-state index contributed by atoms with van der Waals surface area (Å²) < 4.78 is 0. The van der Waals surface area contributed by atoms with Gasteiger partial charge in [-0.3, -0.25) is 9.78 Å². The van der Waals surface area contributed by atoms with E-state index in [0.717, 1.165) is 0 Å². The fourth-order valence-corrected chi connectivity index (χ4v) is 1.48. The SMILES string of the molecule is CC(C)N(CCC#N)C(=O)c1cncc(O)c1. The lowest BCUT2D eigenvalue weighted by atomic mass is 10.2. The Labute approximate surface area is 100 Å². The molecule has 0 aliphatic rings. The molecule has 17 heavy (non-hydrogen) atoms. The predicted molar refractivity (Wildman–Crippen MR) is 62.3 cm³/mol. The van der Waals surface area contributed by atoms with Crippen molar-refractivity contribution >= 4 is 5.91 Å². The predicted octanol–water partition coefficient (Wildman–Crippen LogP) is 1.55. The monoisotopic (exact) mass is 233 g/mol. The van der Waals surface area contributed by atoms with Crippen molar-refractivity contribution in [2.45, 2.75) is 26.3 Å². The first-order valence-electron chi connectivity index (χ1n) is 5.38. The highest BCUT2D eigenvalue weighted by atomic mass is 16.3. The van der Waals surface area contributed by atoms with Crippen molar-refractivity contribution in [3.63, 3.8) is 0 Å². The molecule has 90 valence electrons. The quantitative estimate of drug-likeness (QED) is 0.855. The van der Waals surface area contributed by atoms with Gasteiger partial charge in [-0.25, -0.2) is 0 Å². The average Bonchev–Trinajstić information content (AvgIpc) is 2.29. The molecule has 1 aromatic heterocycles. The van der Waals surface area contributed by atoms with Gasteiger partial charge in [0.25, 0.3) is 5.91 Å². The molecule has 0 aliphatic heterocycles. The highest BCUT2D eigenvalue weighted by molar-refractivity contribution is 5.94. The minimum absolute atomic E-state index is 0.00167. The van der Waals surface area contributed by atoms with Crippen molar-refractivity contribution in [1.82, 2.24) is 9.88 Å². The van der Waals surface area contributed by atoms with Crippen LogP contribution in [0.4, 0.5) is 0 Å². The summed E-state index contributed by atoms with van der Waals surface area (Å²) in [7, 11) is 0. The summed E-state index contributed by atoms with van der Waals surface area (Å²) in [6.07, 6.45) is 2.96. The van der Waals surface area contributed by atoms with E-state index in [1.807, 2.05) is 19.9 Å². The number of hydrogen-bond acceptors (Lipinski definition) is 4. The molecule has 0 fully saturated rings. The standard InChI is InChI=1S/C12H15N3O2/c1-9(2)15(5-3-4-13)12(17)10-6-11(16)8-14-7-10/h6-9,16H,3,5H2,1-2H3. The number of carbonyl (C=O) groups is 1. The van der Waals surface area contributed by atoms with E-state index < -0.39 is 0 Å². The third-order valence-corrected chi connectivity index (χ3v) is 2.32. The second kappa shape index (κ2) is 5.85. The third-order valence-electron chi connectivity index (χ3n) is 2.32. The van der Waals surface area contributed by atoms with Crippen LogP contribution >= 0.6 is 0 Å². The van der Waals surface area contributed by atoms with Crippen LogP contribution in [0.1, 0.15) is 30.6 Å². The Morgan fingerprint density at radius 2 is 2.29 bits per heavy atom. The molecule has 0 bridgehead atoms. The molecule has 0 radical (unpaired) electrons. The second-order valence-corrected chi connectivity index (χ2v) is 3.93. The zero-order valence-corrected chi connectivity index (χ0v) is 9.92. The Hall–Kier alpha value is -2.09. The molecule has 5 heteroatoms. The van der Waals surface area contributed by atoms with Gasteiger partial charge in [0, 0.05) is 18.8 Å². The van der Waals surface area contributed by atoms with E-state index in [2.05, 4.69) is 4.98 Å². The summed E-state index contributed by atoms with van der Waals surface area (Å²) in [5.41, 5.74) is 0.330. The Balaban J connectivity index is 2.88. The molecule has 0 saturated heterocycles. The van der Waals surface area contributed by atoms with Crippen LogP contribution in [0.2, 0.25) is 0 Å². The van der Waals surface area contributed by atoms with Gasteiger partial charge in [-0.1, -0.05) is 0 Å². The van der Waals surface area contributed by atoms with Gasteiger partial charge in [-0.2, -0.15) is 5.26 Å². The first-order valence-corrected chi connectivity index (χ1v) is 5.38. The first kappa shape index (κ1) is 13.0. The first-order chi connectivity index (χ1) is 8.06. The number of hydrogen-bond donors (Lipinski definition) is 1. The summed E-state index contributed by atoms with van der Waals surface area (Å²) in [6.45, 7) is 4.14. The molecule has 0 atom stereocenters. The summed E-state index contributed by atoms with van der Waals surface area (Å²) in [6, 6.07) is 3.38. The van der Waals surface area contributed by atoms with Crippen molar-refractivity contribution < 1.29 is 9.90 Å².